The van der Waals surface area contributed by atoms with Gasteiger partial charge in [0.25, 0.3) is 0 Å². The Hall–Kier alpha value is -1.51. The second-order valence-corrected chi connectivity index (χ2v) is 4.71. The van der Waals surface area contributed by atoms with Crippen LogP contribution in [0.1, 0.15) is 16.7 Å². The lowest BCUT2D eigenvalue weighted by atomic mass is 10.1. The number of hydrogen-bond donors (Lipinski definition) is 1. The average Bonchev–Trinajstić information content (AvgIpc) is 2.36. The van der Waals surface area contributed by atoms with Gasteiger partial charge in [-0.15, -0.1) is 0 Å². The molecule has 0 saturated carbocycles. The maximum atomic E-state index is 6.14. The zero-order valence-corrected chi connectivity index (χ0v) is 11.3. The van der Waals surface area contributed by atoms with Gasteiger partial charge in [-0.2, -0.15) is 0 Å². The lowest BCUT2D eigenvalue weighted by molar-refractivity contribution is 0.472. The summed E-state index contributed by atoms with van der Waals surface area (Å²) in [5, 5.41) is 0.604. The van der Waals surface area contributed by atoms with Crippen molar-refractivity contribution in [3.05, 3.63) is 58.1 Å². The summed E-state index contributed by atoms with van der Waals surface area (Å²) in [4.78, 5) is 0. The van der Waals surface area contributed by atoms with E-state index in [-0.39, 0.29) is 0 Å². The van der Waals surface area contributed by atoms with Crippen molar-refractivity contribution in [1.82, 2.24) is 0 Å². The van der Waals surface area contributed by atoms with Crippen molar-refractivity contribution in [2.75, 3.05) is 0 Å². The fourth-order valence-corrected chi connectivity index (χ4v) is 1.97. The van der Waals surface area contributed by atoms with Gasteiger partial charge < -0.3 is 10.5 Å². The first-order valence-electron chi connectivity index (χ1n) is 5.84. The van der Waals surface area contributed by atoms with Crippen LogP contribution in [-0.4, -0.2) is 0 Å². The third-order valence-corrected chi connectivity index (χ3v) is 3.12. The minimum absolute atomic E-state index is 0.445. The first-order chi connectivity index (χ1) is 8.61. The molecule has 0 spiro atoms. The van der Waals surface area contributed by atoms with E-state index in [0.717, 1.165) is 22.4 Å². The third kappa shape index (κ3) is 2.66. The molecule has 0 aliphatic carbocycles. The van der Waals surface area contributed by atoms with E-state index in [1.807, 2.05) is 50.2 Å². The second-order valence-electron chi connectivity index (χ2n) is 4.30. The van der Waals surface area contributed by atoms with Gasteiger partial charge in [-0.25, -0.2) is 0 Å². The molecule has 18 heavy (non-hydrogen) atoms. The highest BCUT2D eigenvalue weighted by atomic mass is 35.5. The molecular weight excluding hydrogens is 246 g/mol. The predicted octanol–water partition coefficient (Wildman–Crippen LogP) is 4.21. The molecule has 0 radical (unpaired) electrons. The maximum absolute atomic E-state index is 6.14. The largest absolute Gasteiger partial charge is 0.455 e. The van der Waals surface area contributed by atoms with Crippen molar-refractivity contribution in [2.45, 2.75) is 20.4 Å². The van der Waals surface area contributed by atoms with Gasteiger partial charge in [0, 0.05) is 12.1 Å². The Bertz CT molecular complexity index is 566. The molecule has 0 amide bonds. The molecule has 0 aliphatic heterocycles. The minimum Gasteiger partial charge on any atom is -0.455 e. The summed E-state index contributed by atoms with van der Waals surface area (Å²) in [6, 6.07) is 11.7. The van der Waals surface area contributed by atoms with E-state index in [1.54, 1.807) is 0 Å². The maximum Gasteiger partial charge on any atom is 0.146 e. The summed E-state index contributed by atoms with van der Waals surface area (Å²) in [6.07, 6.45) is 0. The highest BCUT2D eigenvalue weighted by Crippen LogP contribution is 2.33. The van der Waals surface area contributed by atoms with Crippen LogP contribution < -0.4 is 10.5 Å². The first kappa shape index (κ1) is 12.9. The van der Waals surface area contributed by atoms with E-state index in [0.29, 0.717) is 17.3 Å². The highest BCUT2D eigenvalue weighted by molar-refractivity contribution is 6.32. The quantitative estimate of drug-likeness (QED) is 0.898. The Morgan fingerprint density at radius 3 is 2.67 bits per heavy atom. The number of nitrogens with two attached hydrogens (primary N) is 1. The van der Waals surface area contributed by atoms with Crippen LogP contribution in [0.25, 0.3) is 0 Å². The topological polar surface area (TPSA) is 35.2 Å². The number of hydrogen-bond acceptors (Lipinski definition) is 2. The Morgan fingerprint density at radius 2 is 1.94 bits per heavy atom. The smallest absolute Gasteiger partial charge is 0.146 e. The van der Waals surface area contributed by atoms with Crippen LogP contribution >= 0.6 is 11.6 Å². The van der Waals surface area contributed by atoms with E-state index < -0.39 is 0 Å². The van der Waals surface area contributed by atoms with Gasteiger partial charge in [0.2, 0.25) is 0 Å². The Kier molecular flexibility index (Phi) is 3.90. The molecule has 0 bridgehead atoms. The molecule has 2 nitrogen and oxygen atoms in total. The van der Waals surface area contributed by atoms with E-state index in [9.17, 15) is 0 Å². The van der Waals surface area contributed by atoms with Crippen LogP contribution in [0.4, 0.5) is 0 Å². The van der Waals surface area contributed by atoms with Gasteiger partial charge in [0.05, 0.1) is 5.02 Å². The molecule has 0 saturated heterocycles. The number of benzene rings is 2. The van der Waals surface area contributed by atoms with E-state index in [2.05, 4.69) is 0 Å². The molecular formula is C15H16ClNO. The normalized spacial score (nSPS) is 10.4. The summed E-state index contributed by atoms with van der Waals surface area (Å²) in [5.41, 5.74) is 8.87. The monoisotopic (exact) mass is 261 g/mol. The van der Waals surface area contributed by atoms with Crippen molar-refractivity contribution in [3.63, 3.8) is 0 Å². The summed E-state index contributed by atoms with van der Waals surface area (Å²) in [5.74, 6) is 1.47. The SMILES string of the molecule is Cc1ccc(Cl)c(Oc2c(C)cccc2CN)c1. The number of para-hydroxylation sites is 1. The molecule has 2 aromatic rings. The van der Waals surface area contributed by atoms with Crippen LogP contribution in [0.2, 0.25) is 5.02 Å². The van der Waals surface area contributed by atoms with Crippen LogP contribution in [0.5, 0.6) is 11.5 Å². The molecule has 0 aromatic heterocycles. The van der Waals surface area contributed by atoms with Crippen LogP contribution in [0.15, 0.2) is 36.4 Å². The molecule has 3 heteroatoms. The summed E-state index contributed by atoms with van der Waals surface area (Å²) in [7, 11) is 0. The van der Waals surface area contributed by atoms with Crippen LogP contribution in [0.3, 0.4) is 0 Å². The van der Waals surface area contributed by atoms with Gasteiger partial charge in [-0.05, 0) is 37.1 Å². The number of aryl methyl sites for hydroxylation is 2. The standard InChI is InChI=1S/C15H16ClNO/c1-10-6-7-13(16)14(8-10)18-15-11(2)4-3-5-12(15)9-17/h3-8H,9,17H2,1-2H3. The number of ether oxygens (including phenoxy) is 1. The second kappa shape index (κ2) is 5.42. The molecule has 2 aromatic carbocycles. The van der Waals surface area contributed by atoms with Crippen molar-refractivity contribution in [3.8, 4) is 11.5 Å². The van der Waals surface area contributed by atoms with Crippen molar-refractivity contribution in [2.24, 2.45) is 5.73 Å². The molecule has 0 heterocycles. The number of rotatable bonds is 3. The average molecular weight is 262 g/mol. The van der Waals surface area contributed by atoms with Crippen molar-refractivity contribution >= 4 is 11.6 Å². The minimum atomic E-state index is 0.445. The van der Waals surface area contributed by atoms with Crippen LogP contribution in [0, 0.1) is 13.8 Å². The van der Waals surface area contributed by atoms with Crippen molar-refractivity contribution in [1.29, 1.82) is 0 Å². The Labute approximate surface area is 112 Å². The van der Waals surface area contributed by atoms with Gasteiger partial charge in [-0.1, -0.05) is 35.9 Å². The van der Waals surface area contributed by atoms with E-state index >= 15 is 0 Å². The zero-order valence-electron chi connectivity index (χ0n) is 10.5. The number of halogens is 1. The molecule has 2 N–H and O–H groups in total. The molecule has 0 aliphatic rings. The lowest BCUT2D eigenvalue weighted by Gasteiger charge is -2.14. The Balaban J connectivity index is 2.42. The molecule has 0 unspecified atom stereocenters. The lowest BCUT2D eigenvalue weighted by Crippen LogP contribution is -2.01. The first-order valence-corrected chi connectivity index (χ1v) is 6.22. The molecule has 2 rings (SSSR count). The molecule has 0 atom stereocenters. The predicted molar refractivity (Wildman–Crippen MR) is 75.3 cm³/mol. The van der Waals surface area contributed by atoms with Gasteiger partial charge in [-0.3, -0.25) is 0 Å². The summed E-state index contributed by atoms with van der Waals surface area (Å²) < 4.78 is 5.93. The third-order valence-electron chi connectivity index (χ3n) is 2.81. The summed E-state index contributed by atoms with van der Waals surface area (Å²) in [6.45, 7) is 4.45. The molecule has 0 fully saturated rings. The van der Waals surface area contributed by atoms with E-state index in [1.165, 1.54) is 0 Å². The Morgan fingerprint density at radius 1 is 1.17 bits per heavy atom. The fraction of sp³-hybridized carbons (Fsp3) is 0.200. The van der Waals surface area contributed by atoms with Gasteiger partial charge >= 0.3 is 0 Å². The van der Waals surface area contributed by atoms with E-state index in [4.69, 9.17) is 22.1 Å². The van der Waals surface area contributed by atoms with Gasteiger partial charge in [0.15, 0.2) is 0 Å². The molecule has 94 valence electrons. The highest BCUT2D eigenvalue weighted by Gasteiger charge is 2.09. The van der Waals surface area contributed by atoms with Crippen molar-refractivity contribution < 1.29 is 4.74 Å². The zero-order chi connectivity index (χ0) is 13.1. The summed E-state index contributed by atoms with van der Waals surface area (Å²) >= 11 is 6.14. The fourth-order valence-electron chi connectivity index (χ4n) is 1.82. The van der Waals surface area contributed by atoms with Crippen LogP contribution in [-0.2, 0) is 6.54 Å². The van der Waals surface area contributed by atoms with Gasteiger partial charge in [0.1, 0.15) is 11.5 Å².